The molecule has 1 saturated heterocycles. The number of aromatic nitrogens is 1. The van der Waals surface area contributed by atoms with Gasteiger partial charge < -0.3 is 14.2 Å². The molecule has 5 nitrogen and oxygen atoms in total. The van der Waals surface area contributed by atoms with Crippen molar-refractivity contribution in [3.8, 4) is 5.75 Å². The second-order valence-corrected chi connectivity index (χ2v) is 7.66. The molecule has 0 unspecified atom stereocenters. The number of amides is 1. The van der Waals surface area contributed by atoms with Crippen molar-refractivity contribution >= 4 is 5.91 Å². The maximum Gasteiger partial charge on any atom is 0.255 e. The normalized spacial score (nSPS) is 15.4. The standard InChI is InChI=1S/C22H31N3O2/c1-16(2)25-17(3)14-21(18(25)4)22(26)24-12-10-23(11-13-24)15-19-6-8-20(27-5)9-7-19/h6-9,14,16H,10-13,15H2,1-5H3. The number of piperazine rings is 1. The van der Waals surface area contributed by atoms with Crippen LogP contribution in [0, 0.1) is 13.8 Å². The lowest BCUT2D eigenvalue weighted by atomic mass is 10.1. The average Bonchev–Trinajstić information content (AvgIpc) is 2.96. The predicted octanol–water partition coefficient (Wildman–Crippen LogP) is 3.65. The molecule has 27 heavy (non-hydrogen) atoms. The van der Waals surface area contributed by atoms with Gasteiger partial charge in [0.2, 0.25) is 0 Å². The number of rotatable bonds is 5. The van der Waals surface area contributed by atoms with Crippen LogP contribution in [0.3, 0.4) is 0 Å². The van der Waals surface area contributed by atoms with E-state index in [9.17, 15) is 4.79 Å². The highest BCUT2D eigenvalue weighted by atomic mass is 16.5. The van der Waals surface area contributed by atoms with Crippen LogP contribution in [0.2, 0.25) is 0 Å². The first-order valence-electron chi connectivity index (χ1n) is 9.73. The average molecular weight is 370 g/mol. The summed E-state index contributed by atoms with van der Waals surface area (Å²) >= 11 is 0. The monoisotopic (exact) mass is 369 g/mol. The number of carbonyl (C=O) groups is 1. The van der Waals surface area contributed by atoms with Crippen LogP contribution in [0.1, 0.15) is 47.2 Å². The Morgan fingerprint density at radius 1 is 1.07 bits per heavy atom. The Balaban J connectivity index is 1.60. The number of carbonyl (C=O) groups excluding carboxylic acids is 1. The van der Waals surface area contributed by atoms with Crippen molar-refractivity contribution in [3.63, 3.8) is 0 Å². The first-order valence-corrected chi connectivity index (χ1v) is 9.73. The summed E-state index contributed by atoms with van der Waals surface area (Å²) in [6.07, 6.45) is 0. The van der Waals surface area contributed by atoms with Crippen LogP contribution in [-0.4, -0.2) is 53.6 Å². The number of aryl methyl sites for hydroxylation is 1. The largest absolute Gasteiger partial charge is 0.497 e. The summed E-state index contributed by atoms with van der Waals surface area (Å²) in [5.41, 5.74) is 4.36. The molecule has 0 saturated carbocycles. The highest BCUT2D eigenvalue weighted by Crippen LogP contribution is 2.22. The molecule has 0 spiro atoms. The highest BCUT2D eigenvalue weighted by molar-refractivity contribution is 5.95. The molecule has 2 aromatic rings. The summed E-state index contributed by atoms with van der Waals surface area (Å²) in [7, 11) is 1.68. The van der Waals surface area contributed by atoms with E-state index in [2.05, 4.69) is 49.3 Å². The maximum absolute atomic E-state index is 13.0. The molecule has 1 amide bonds. The molecule has 0 N–H and O–H groups in total. The van der Waals surface area contributed by atoms with Crippen LogP contribution in [0.5, 0.6) is 5.75 Å². The van der Waals surface area contributed by atoms with E-state index in [1.54, 1.807) is 7.11 Å². The maximum atomic E-state index is 13.0. The van der Waals surface area contributed by atoms with Gasteiger partial charge in [0, 0.05) is 50.2 Å². The van der Waals surface area contributed by atoms with E-state index < -0.39 is 0 Å². The first kappa shape index (κ1) is 19.5. The number of nitrogens with zero attached hydrogens (tertiary/aromatic N) is 3. The van der Waals surface area contributed by atoms with Gasteiger partial charge in [-0.2, -0.15) is 0 Å². The lowest BCUT2D eigenvalue weighted by Crippen LogP contribution is -2.48. The van der Waals surface area contributed by atoms with Crippen molar-refractivity contribution < 1.29 is 9.53 Å². The molecule has 5 heteroatoms. The summed E-state index contributed by atoms with van der Waals surface area (Å²) in [4.78, 5) is 17.4. The zero-order chi connectivity index (χ0) is 19.6. The Bertz CT molecular complexity index is 785. The summed E-state index contributed by atoms with van der Waals surface area (Å²) in [6, 6.07) is 10.6. The van der Waals surface area contributed by atoms with Crippen LogP contribution in [0.25, 0.3) is 0 Å². The second-order valence-electron chi connectivity index (χ2n) is 7.66. The first-order chi connectivity index (χ1) is 12.9. The fourth-order valence-electron chi connectivity index (χ4n) is 4.06. The molecule has 3 rings (SSSR count). The molecule has 0 bridgehead atoms. The van der Waals surface area contributed by atoms with Gasteiger partial charge in [-0.15, -0.1) is 0 Å². The minimum absolute atomic E-state index is 0.166. The Hall–Kier alpha value is -2.27. The highest BCUT2D eigenvalue weighted by Gasteiger charge is 2.25. The Morgan fingerprint density at radius 2 is 1.70 bits per heavy atom. The van der Waals surface area contributed by atoms with Crippen LogP contribution >= 0.6 is 0 Å². The van der Waals surface area contributed by atoms with E-state index in [4.69, 9.17) is 4.74 Å². The quantitative estimate of drug-likeness (QED) is 0.807. The Labute approximate surface area is 162 Å². The molecule has 146 valence electrons. The molecule has 0 atom stereocenters. The molecular weight excluding hydrogens is 338 g/mol. The molecule has 1 aliphatic rings. The van der Waals surface area contributed by atoms with Gasteiger partial charge in [-0.05, 0) is 51.5 Å². The van der Waals surface area contributed by atoms with Gasteiger partial charge in [0.15, 0.2) is 0 Å². The topological polar surface area (TPSA) is 37.7 Å². The fourth-order valence-corrected chi connectivity index (χ4v) is 4.06. The van der Waals surface area contributed by atoms with Crippen molar-refractivity contribution in [1.82, 2.24) is 14.4 Å². The molecule has 1 aromatic heterocycles. The van der Waals surface area contributed by atoms with Crippen molar-refractivity contribution in [1.29, 1.82) is 0 Å². The van der Waals surface area contributed by atoms with Crippen molar-refractivity contribution in [2.45, 2.75) is 40.3 Å². The third kappa shape index (κ3) is 4.19. The number of benzene rings is 1. The van der Waals surface area contributed by atoms with Crippen molar-refractivity contribution in [2.24, 2.45) is 0 Å². The molecule has 2 heterocycles. The van der Waals surface area contributed by atoms with Crippen molar-refractivity contribution in [2.75, 3.05) is 33.3 Å². The molecule has 0 radical (unpaired) electrons. The number of ether oxygens (including phenoxy) is 1. The van der Waals surface area contributed by atoms with E-state index in [1.807, 2.05) is 23.1 Å². The van der Waals surface area contributed by atoms with Gasteiger partial charge in [0.25, 0.3) is 5.91 Å². The number of hydrogen-bond donors (Lipinski definition) is 0. The van der Waals surface area contributed by atoms with Crippen LogP contribution in [0.15, 0.2) is 30.3 Å². The van der Waals surface area contributed by atoms with Crippen LogP contribution in [-0.2, 0) is 6.54 Å². The second kappa shape index (κ2) is 8.17. The van der Waals surface area contributed by atoms with E-state index in [-0.39, 0.29) is 5.91 Å². The minimum Gasteiger partial charge on any atom is -0.497 e. The fraction of sp³-hybridized carbons (Fsp3) is 0.500. The molecule has 1 fully saturated rings. The van der Waals surface area contributed by atoms with Crippen molar-refractivity contribution in [3.05, 3.63) is 52.8 Å². The Morgan fingerprint density at radius 3 is 2.22 bits per heavy atom. The van der Waals surface area contributed by atoms with E-state index in [0.717, 1.165) is 55.4 Å². The summed E-state index contributed by atoms with van der Waals surface area (Å²) in [6.45, 7) is 12.7. The van der Waals surface area contributed by atoms with Gasteiger partial charge in [0.1, 0.15) is 5.75 Å². The van der Waals surface area contributed by atoms with Gasteiger partial charge in [0.05, 0.1) is 12.7 Å². The minimum atomic E-state index is 0.166. The molecule has 0 aliphatic carbocycles. The molecule has 1 aliphatic heterocycles. The zero-order valence-electron chi connectivity index (χ0n) is 17.2. The van der Waals surface area contributed by atoms with E-state index in [1.165, 1.54) is 5.56 Å². The van der Waals surface area contributed by atoms with Gasteiger partial charge in [-0.3, -0.25) is 9.69 Å². The van der Waals surface area contributed by atoms with E-state index >= 15 is 0 Å². The summed E-state index contributed by atoms with van der Waals surface area (Å²) < 4.78 is 7.46. The number of hydrogen-bond acceptors (Lipinski definition) is 3. The van der Waals surface area contributed by atoms with Gasteiger partial charge in [-0.1, -0.05) is 12.1 Å². The summed E-state index contributed by atoms with van der Waals surface area (Å²) in [5, 5.41) is 0. The van der Waals surface area contributed by atoms with Gasteiger partial charge in [-0.25, -0.2) is 0 Å². The lowest BCUT2D eigenvalue weighted by Gasteiger charge is -2.34. The zero-order valence-corrected chi connectivity index (χ0v) is 17.2. The lowest BCUT2D eigenvalue weighted by molar-refractivity contribution is 0.0627. The SMILES string of the molecule is COc1ccc(CN2CCN(C(=O)c3cc(C)n(C(C)C)c3C)CC2)cc1. The van der Waals surface area contributed by atoms with E-state index in [0.29, 0.717) is 6.04 Å². The number of methoxy groups -OCH3 is 1. The smallest absolute Gasteiger partial charge is 0.255 e. The van der Waals surface area contributed by atoms with Crippen LogP contribution in [0.4, 0.5) is 0 Å². The van der Waals surface area contributed by atoms with Crippen LogP contribution < -0.4 is 4.74 Å². The molecular formula is C22H31N3O2. The predicted molar refractivity (Wildman–Crippen MR) is 108 cm³/mol. The molecule has 1 aromatic carbocycles. The third-order valence-electron chi connectivity index (χ3n) is 5.46. The summed E-state index contributed by atoms with van der Waals surface area (Å²) in [5.74, 6) is 1.05. The Kier molecular flexibility index (Phi) is 5.90. The third-order valence-corrected chi connectivity index (χ3v) is 5.46. The van der Waals surface area contributed by atoms with Gasteiger partial charge >= 0.3 is 0 Å².